The van der Waals surface area contributed by atoms with Gasteiger partial charge in [0.1, 0.15) is 12.4 Å². The number of hydrogen-bond acceptors (Lipinski definition) is 3. The fourth-order valence-electron chi connectivity index (χ4n) is 2.61. The number of hydrogen-bond donors (Lipinski definition) is 3. The third-order valence-corrected chi connectivity index (χ3v) is 3.70. The molecule has 0 bridgehead atoms. The van der Waals surface area contributed by atoms with Gasteiger partial charge in [0.05, 0.1) is 18.0 Å². The first-order valence-corrected chi connectivity index (χ1v) is 7.86. The predicted octanol–water partition coefficient (Wildman–Crippen LogP) is 0.716. The number of amides is 1. The van der Waals surface area contributed by atoms with E-state index >= 15 is 0 Å². The van der Waals surface area contributed by atoms with Crippen LogP contribution in [0.3, 0.4) is 0 Å². The van der Waals surface area contributed by atoms with Gasteiger partial charge >= 0.3 is 0 Å². The second kappa shape index (κ2) is 7.23. The summed E-state index contributed by atoms with van der Waals surface area (Å²) in [6.45, 7) is 0.545. The number of nitrogens with zero attached hydrogens (tertiary/aromatic N) is 1. The van der Waals surface area contributed by atoms with E-state index in [4.69, 9.17) is 0 Å². The Morgan fingerprint density at radius 2 is 2.04 bits per heavy atom. The highest BCUT2D eigenvalue weighted by atomic mass is 19.1. The van der Waals surface area contributed by atoms with Gasteiger partial charge in [-0.2, -0.15) is 0 Å². The first-order chi connectivity index (χ1) is 12.0. The van der Waals surface area contributed by atoms with Crippen LogP contribution in [-0.4, -0.2) is 29.5 Å². The number of H-pyrrole nitrogens is 1. The Morgan fingerprint density at radius 1 is 1.24 bits per heavy atom. The lowest BCUT2D eigenvalue weighted by molar-refractivity contribution is -0.885. The highest BCUT2D eigenvalue weighted by Crippen LogP contribution is 2.08. The molecule has 1 amide bonds. The lowest BCUT2D eigenvalue weighted by atomic mass is 10.2. The summed E-state index contributed by atoms with van der Waals surface area (Å²) in [4.78, 5) is 32.1. The third kappa shape index (κ3) is 4.27. The lowest BCUT2D eigenvalue weighted by Crippen LogP contribution is -3.08. The van der Waals surface area contributed by atoms with Crippen LogP contribution in [0.2, 0.25) is 0 Å². The molecule has 6 nitrogen and oxygen atoms in total. The highest BCUT2D eigenvalue weighted by molar-refractivity contribution is 5.91. The quantitative estimate of drug-likeness (QED) is 0.640. The minimum atomic E-state index is -0.406. The normalized spacial score (nSPS) is 12.1. The molecule has 1 unspecified atom stereocenters. The van der Waals surface area contributed by atoms with E-state index in [0.29, 0.717) is 29.0 Å². The average molecular weight is 341 g/mol. The molecule has 0 saturated heterocycles. The van der Waals surface area contributed by atoms with Crippen LogP contribution in [-0.2, 0) is 11.3 Å². The van der Waals surface area contributed by atoms with Crippen molar-refractivity contribution < 1.29 is 14.1 Å². The van der Waals surface area contributed by atoms with E-state index in [1.165, 1.54) is 18.2 Å². The van der Waals surface area contributed by atoms with Crippen molar-refractivity contribution in [3.8, 4) is 0 Å². The number of quaternary nitrogens is 1. The number of nitrogens with one attached hydrogen (secondary N) is 3. The van der Waals surface area contributed by atoms with E-state index < -0.39 is 5.82 Å². The van der Waals surface area contributed by atoms with Gasteiger partial charge in [0.2, 0.25) is 0 Å². The zero-order valence-electron chi connectivity index (χ0n) is 13.7. The summed E-state index contributed by atoms with van der Waals surface area (Å²) in [6.07, 6.45) is 0. The molecule has 1 aromatic heterocycles. The molecule has 25 heavy (non-hydrogen) atoms. The highest BCUT2D eigenvalue weighted by Gasteiger charge is 2.13. The number of carbonyl (C=O) groups excluding carboxylic acids is 1. The van der Waals surface area contributed by atoms with Gasteiger partial charge < -0.3 is 15.2 Å². The summed E-state index contributed by atoms with van der Waals surface area (Å²) in [5.41, 5.74) is 0.839. The van der Waals surface area contributed by atoms with Crippen molar-refractivity contribution in [1.82, 2.24) is 9.97 Å². The molecule has 7 heteroatoms. The molecular formula is C18H18FN4O2+. The van der Waals surface area contributed by atoms with Crippen molar-refractivity contribution in [3.05, 3.63) is 70.5 Å². The summed E-state index contributed by atoms with van der Waals surface area (Å²) < 4.78 is 13.1. The van der Waals surface area contributed by atoms with Gasteiger partial charge in [-0.15, -0.1) is 0 Å². The Labute approximate surface area is 143 Å². The van der Waals surface area contributed by atoms with E-state index in [-0.39, 0.29) is 18.0 Å². The first kappa shape index (κ1) is 16.8. The summed E-state index contributed by atoms with van der Waals surface area (Å²) in [7, 11) is 1.82. The van der Waals surface area contributed by atoms with Gasteiger partial charge in [0.15, 0.2) is 12.4 Å². The largest absolute Gasteiger partial charge is 0.323 e. The van der Waals surface area contributed by atoms with Crippen molar-refractivity contribution >= 4 is 22.5 Å². The smallest absolute Gasteiger partial charge is 0.279 e. The summed E-state index contributed by atoms with van der Waals surface area (Å²) in [6, 6.07) is 12.8. The molecule has 0 aliphatic carbocycles. The molecule has 0 aliphatic rings. The number of fused-ring (bicyclic) bond motifs is 1. The summed E-state index contributed by atoms with van der Waals surface area (Å²) in [5.74, 6) is -0.137. The maximum atomic E-state index is 13.1. The lowest BCUT2D eigenvalue weighted by Gasteiger charge is -2.13. The second-order valence-electron chi connectivity index (χ2n) is 5.90. The molecule has 3 N–H and O–H groups in total. The Kier molecular flexibility index (Phi) is 4.85. The van der Waals surface area contributed by atoms with Crippen molar-refractivity contribution in [3.63, 3.8) is 0 Å². The molecule has 1 atom stereocenters. The number of benzene rings is 2. The van der Waals surface area contributed by atoms with E-state index in [0.717, 1.165) is 4.90 Å². The number of aromatic nitrogens is 2. The van der Waals surface area contributed by atoms with E-state index in [9.17, 15) is 14.0 Å². The molecule has 1 heterocycles. The van der Waals surface area contributed by atoms with Gasteiger partial charge in [-0.1, -0.05) is 18.2 Å². The topological polar surface area (TPSA) is 79.3 Å². The number of carbonyl (C=O) groups is 1. The Bertz CT molecular complexity index is 970. The number of likely N-dealkylation sites (N-methyl/N-ethyl adjacent to an activating group) is 1. The maximum absolute atomic E-state index is 13.1. The van der Waals surface area contributed by atoms with Crippen molar-refractivity contribution in [2.24, 2.45) is 0 Å². The van der Waals surface area contributed by atoms with Crippen LogP contribution < -0.4 is 15.8 Å². The first-order valence-electron chi connectivity index (χ1n) is 7.86. The fourth-order valence-corrected chi connectivity index (χ4v) is 2.61. The van der Waals surface area contributed by atoms with E-state index in [1.54, 1.807) is 24.3 Å². The van der Waals surface area contributed by atoms with Gasteiger partial charge in [-0.25, -0.2) is 9.37 Å². The van der Waals surface area contributed by atoms with Gasteiger partial charge in [-0.3, -0.25) is 9.59 Å². The monoisotopic (exact) mass is 341 g/mol. The van der Waals surface area contributed by atoms with Gasteiger partial charge in [0, 0.05) is 5.69 Å². The van der Waals surface area contributed by atoms with Crippen molar-refractivity contribution in [2.75, 3.05) is 18.9 Å². The van der Waals surface area contributed by atoms with Crippen LogP contribution in [0.4, 0.5) is 10.1 Å². The summed E-state index contributed by atoms with van der Waals surface area (Å²) >= 11 is 0. The fraction of sp³-hybridized carbons (Fsp3) is 0.167. The molecular weight excluding hydrogens is 323 g/mol. The Hall–Kier alpha value is -3.06. The average Bonchev–Trinajstić information content (AvgIpc) is 2.54. The standard InChI is InChI=1S/C18H17FN4O2/c1-23(11-17(24)20-13-6-4-5-12(19)9-13)10-16-21-15-8-3-2-7-14(15)18(25)22-16/h2-9H,10-11H2,1H3,(H,20,24)(H,21,22,25)/p+1. The summed E-state index contributed by atoms with van der Waals surface area (Å²) in [5, 5.41) is 3.18. The minimum Gasteiger partial charge on any atom is -0.323 e. The molecule has 0 aliphatic heterocycles. The minimum absolute atomic E-state index is 0.160. The number of aromatic amines is 1. The number of halogens is 1. The van der Waals surface area contributed by atoms with Crippen LogP contribution in [0.1, 0.15) is 5.82 Å². The molecule has 128 valence electrons. The molecule has 0 spiro atoms. The SMILES string of the molecule is C[NH+](CC(=O)Nc1cccc(F)c1)Cc1nc2ccccc2c(=O)[nH]1. The predicted molar refractivity (Wildman–Crippen MR) is 92.9 cm³/mol. The van der Waals surface area contributed by atoms with E-state index in [2.05, 4.69) is 15.3 Å². The van der Waals surface area contributed by atoms with E-state index in [1.807, 2.05) is 13.1 Å². The molecule has 0 saturated carbocycles. The maximum Gasteiger partial charge on any atom is 0.279 e. The van der Waals surface area contributed by atoms with Gasteiger partial charge in [0.25, 0.3) is 11.5 Å². The van der Waals surface area contributed by atoms with Crippen molar-refractivity contribution in [1.29, 1.82) is 0 Å². The third-order valence-electron chi connectivity index (χ3n) is 3.70. The van der Waals surface area contributed by atoms with Crippen LogP contribution in [0.5, 0.6) is 0 Å². The molecule has 3 aromatic rings. The Balaban J connectivity index is 1.65. The zero-order valence-corrected chi connectivity index (χ0v) is 13.7. The van der Waals surface area contributed by atoms with Crippen LogP contribution in [0.25, 0.3) is 10.9 Å². The molecule has 0 fully saturated rings. The van der Waals surface area contributed by atoms with Gasteiger partial charge in [-0.05, 0) is 30.3 Å². The number of para-hydroxylation sites is 1. The Morgan fingerprint density at radius 3 is 2.84 bits per heavy atom. The molecule has 3 rings (SSSR count). The second-order valence-corrected chi connectivity index (χ2v) is 5.90. The zero-order chi connectivity index (χ0) is 17.8. The van der Waals surface area contributed by atoms with Crippen molar-refractivity contribution in [2.45, 2.75) is 6.54 Å². The molecule has 0 radical (unpaired) electrons. The number of rotatable bonds is 5. The van der Waals surface area contributed by atoms with Crippen LogP contribution >= 0.6 is 0 Å². The van der Waals surface area contributed by atoms with Crippen LogP contribution in [0, 0.1) is 5.82 Å². The number of anilines is 1. The molecule has 2 aromatic carbocycles. The van der Waals surface area contributed by atoms with Crippen LogP contribution in [0.15, 0.2) is 53.3 Å².